The van der Waals surface area contributed by atoms with E-state index in [9.17, 15) is 38.9 Å². The van der Waals surface area contributed by atoms with Gasteiger partial charge >= 0.3 is 22.8 Å². The van der Waals surface area contributed by atoms with E-state index in [-0.39, 0.29) is 140 Å². The molecule has 0 amide bonds. The number of phosphoric acid groups is 2. The Morgan fingerprint density at radius 2 is 0.757 bits per heavy atom. The van der Waals surface area contributed by atoms with Crippen molar-refractivity contribution in [2.75, 3.05) is 163 Å². The van der Waals surface area contributed by atoms with Crippen molar-refractivity contribution < 1.29 is 159 Å². The molecule has 6 saturated heterocycles. The summed E-state index contributed by atoms with van der Waals surface area (Å²) in [6.45, 7) is -15.1. The van der Waals surface area contributed by atoms with Gasteiger partial charge in [0.05, 0.1) is 124 Å². The number of nitrogen functional groups attached to an aromatic ring is 5. The third-order valence-electron chi connectivity index (χ3n) is 23.4. The molecule has 0 saturated carbocycles. The van der Waals surface area contributed by atoms with E-state index in [1.165, 1.54) is 103 Å². The van der Waals surface area contributed by atoms with Crippen molar-refractivity contribution in [3.8, 4) is 0 Å². The monoisotopic (exact) mass is 2190 g/mol. The van der Waals surface area contributed by atoms with Gasteiger partial charge in [-0.15, -0.1) is 0 Å². The van der Waals surface area contributed by atoms with Gasteiger partial charge in [0.1, 0.15) is 152 Å². The van der Waals surface area contributed by atoms with Crippen LogP contribution in [0.4, 0.5) is 29.1 Å². The maximum absolute atomic E-state index is 15.6. The predicted octanol–water partition coefficient (Wildman–Crippen LogP) is -3.39. The maximum atomic E-state index is 15.6. The summed E-state index contributed by atoms with van der Waals surface area (Å²) >= 11 is 16.7. The predicted molar refractivity (Wildman–Crippen MR) is 494 cm³/mol. The van der Waals surface area contributed by atoms with Crippen molar-refractivity contribution in [2.45, 2.75) is 189 Å². The highest BCUT2D eigenvalue weighted by molar-refractivity contribution is 8.32. The Bertz CT molecular complexity index is 6360. The van der Waals surface area contributed by atoms with E-state index < -0.39 is 245 Å². The van der Waals surface area contributed by atoms with Crippen LogP contribution < -0.4 is 76.6 Å². The van der Waals surface area contributed by atoms with E-state index in [1.54, 1.807) is 13.8 Å². The molecule has 14 rings (SSSR count). The molecule has 14 heterocycles. The van der Waals surface area contributed by atoms with Crippen molar-refractivity contribution in [3.05, 3.63) is 125 Å². The molecule has 6 aliphatic rings. The first-order valence-electron chi connectivity index (χ1n) is 44.1. The Hall–Kier alpha value is -7.48. The van der Waals surface area contributed by atoms with E-state index in [2.05, 4.69) is 49.8 Å². The lowest BCUT2D eigenvalue weighted by Gasteiger charge is -2.36. The first-order valence-corrected chi connectivity index (χ1v) is 54.7. The molecule has 0 spiro atoms. The fourth-order valence-electron chi connectivity index (χ4n) is 16.4. The first kappa shape index (κ1) is 112. The van der Waals surface area contributed by atoms with Gasteiger partial charge in [0, 0.05) is 89.0 Å². The van der Waals surface area contributed by atoms with Crippen LogP contribution in [0.25, 0.3) is 22.3 Å². The van der Waals surface area contributed by atoms with Crippen LogP contribution >= 0.6 is 35.9 Å². The fourth-order valence-corrected chi connectivity index (χ4v) is 22.6. The normalized spacial score (nSPS) is 29.3. The Morgan fingerprint density at radius 1 is 0.417 bits per heavy atom. The van der Waals surface area contributed by atoms with Crippen LogP contribution in [-0.4, -0.2) is 321 Å². The van der Waals surface area contributed by atoms with Crippen LogP contribution in [0.15, 0.2) is 74.1 Å². The minimum Gasteiger partial charge on any atom is -0.780 e. The van der Waals surface area contributed by atoms with Gasteiger partial charge in [-0.1, -0.05) is 30.5 Å². The number of rotatable bonds is 52. The third-order valence-corrected chi connectivity index (χ3v) is 30.0. The lowest BCUT2D eigenvalue weighted by molar-refractivity contribution is -0.241. The van der Waals surface area contributed by atoms with E-state index in [1.807, 2.05) is 0 Å². The second-order valence-corrected chi connectivity index (χ2v) is 43.9. The van der Waals surface area contributed by atoms with Crippen molar-refractivity contribution in [2.24, 2.45) is 0 Å². The molecule has 10 unspecified atom stereocenters. The number of aliphatic hydroxyl groups is 1. The summed E-state index contributed by atoms with van der Waals surface area (Å²) < 4.78 is 208. The SMILES string of the molecule is CC[C@H]1O[C@@H](n2cc(C)c(=O)[nH]c2=O)C[C@H]1OP([O-])(=S)OC[C@H]1O[C@@H](n2cnc3c(N)ncnc32)C(OCCOC)[C@H]1OP(=O)([O-])OC[C@H]1O[C@@H](n2cc(C)c(N)nc2=O)C(OCCOC)[C@H]1OP(=O)([O-])OC[C@H]1O[C@@H](n2cnc3c(N)ncnc32)C(OCCOC)[C@H]1OP(=O)([S-])OC[C@H]1O[C@@H](n2cc(C)c(N)nc2=O)C(OCCOC)[C@H]1OP([O-])(=S)OC[C@H]1O[C@@H](n2cc(C)c(N)nc2=O)C(OCCOC)[C@H]1O. The molecular weight excluding hydrogens is 2080 g/mol. The Kier molecular flexibility index (Phi) is 37.9. The lowest BCUT2D eigenvalue weighted by atomic mass is 10.1. The summed E-state index contributed by atoms with van der Waals surface area (Å²) in [5.74, 6) is -0.765. The van der Waals surface area contributed by atoms with Crippen molar-refractivity contribution >= 4 is 123 Å². The van der Waals surface area contributed by atoms with Gasteiger partial charge in [-0.25, -0.2) is 49.1 Å². The van der Waals surface area contributed by atoms with Crippen LogP contribution in [0, 0.1) is 27.7 Å². The van der Waals surface area contributed by atoms with Crippen LogP contribution in [0.5, 0.6) is 0 Å². The summed E-state index contributed by atoms with van der Waals surface area (Å²) in [5.41, 5.74) is 27.1. The highest BCUT2D eigenvalue weighted by Crippen LogP contribution is 2.57. The second kappa shape index (κ2) is 48.6. The molecule has 0 radical (unpaired) electrons. The number of hydrogen-bond donors (Lipinski definition) is 7. The fraction of sp³-hybridized carbons (Fsp3) is 0.658. The molecule has 144 heavy (non-hydrogen) atoms. The van der Waals surface area contributed by atoms with Gasteiger partial charge in [0.25, 0.3) is 21.2 Å². The molecule has 0 bridgehead atoms. The Morgan fingerprint density at radius 3 is 1.16 bits per heavy atom. The van der Waals surface area contributed by atoms with Crippen LogP contribution in [0.3, 0.4) is 0 Å². The van der Waals surface area contributed by atoms with Crippen molar-refractivity contribution in [1.82, 2.24) is 77.2 Å². The number of H-pyrrole nitrogens is 1. The number of ether oxygens (including phenoxy) is 16. The second-order valence-electron chi connectivity index (χ2n) is 33.0. The van der Waals surface area contributed by atoms with E-state index in [0.717, 1.165) is 30.9 Å². The Labute approximate surface area is 832 Å². The summed E-state index contributed by atoms with van der Waals surface area (Å²) in [7, 11) is -5.59. The molecule has 798 valence electrons. The summed E-state index contributed by atoms with van der Waals surface area (Å²) in [6, 6.07) is 0. The zero-order valence-electron chi connectivity index (χ0n) is 78.4. The van der Waals surface area contributed by atoms with Crippen molar-refractivity contribution in [3.63, 3.8) is 0 Å². The van der Waals surface area contributed by atoms with Crippen LogP contribution in [-0.2, 0) is 171 Å². The van der Waals surface area contributed by atoms with Crippen LogP contribution in [0.1, 0.15) is 79.4 Å². The summed E-state index contributed by atoms with van der Waals surface area (Å²) in [6.07, 6.45) is -28.3. The van der Waals surface area contributed by atoms with Gasteiger partial charge in [-0.3, -0.25) is 50.9 Å². The van der Waals surface area contributed by atoms with Gasteiger partial charge < -0.3 is 187 Å². The number of aliphatic hydroxyl groups excluding tert-OH is 1. The van der Waals surface area contributed by atoms with Crippen LogP contribution in [0.2, 0.25) is 0 Å². The quantitative estimate of drug-likeness (QED) is 0.0111. The molecule has 8 aromatic heterocycles. The lowest BCUT2D eigenvalue weighted by Crippen LogP contribution is -2.42. The van der Waals surface area contributed by atoms with Crippen molar-refractivity contribution in [1.29, 1.82) is 0 Å². The molecular formula is C76H107N21O39P5S3-5. The number of hydrogen-bond acceptors (Lipinski definition) is 56. The van der Waals surface area contributed by atoms with Gasteiger partial charge in [0.15, 0.2) is 60.9 Å². The topological polar surface area (TPSA) is 780 Å². The molecule has 0 aromatic carbocycles. The molecule has 60 nitrogen and oxygen atoms in total. The number of fused-ring (bicyclic) bond motifs is 2. The van der Waals surface area contributed by atoms with E-state index >= 15 is 23.5 Å². The molecule has 6 aliphatic heterocycles. The molecule has 6 fully saturated rings. The number of nitrogens with one attached hydrogen (secondary N) is 1. The standard InChI is InChI=1S/C76H112N21O39P5S3/c1-11-40-41(22-47(126-40)92-26-39(5)67(99)91-76(92)103)132-139(108,142)124-30-45-52(57(118-19-14-113-8)71(131-45)96-34-86-48-63(80)82-32-84-65(48)96)134-137(104,105)121-28-43-51(56(117-18-13-112-7)69(128-43)94-24-37(3)61(78)89-74(94)101)133-138(106,107)122-29-44-53(59(120-21-16-115-10)72(130-44)97-35-87-49-64(81)83-33-85-66(49)97)135-141(110,144)125-31-46-54(58(119-20-15-114-9)70(129-46)95-25-38(4)62(79)90-75(95)102)136-140(109,143)123-27-42-50(98)55(116-17-12-111-6)68(127-42)93-23-36(2)60(77)88-73(93)100/h23-26,32-35,40-47,50-59,68-72,98H,11-22,27-31H2,1-10H3,(H,104,105)(H,106,107)(H,108,142)(H,109,143)(H,110,144)(H2,77,88,100)(H2,78,89,101)(H2,79,90,102)(H2,80,82,84)(H2,81,83,85)(H,91,99,103)/p-5/t40-,41-,42-,43-,44-,45-,46-,47-,50+,51+,52+,53+,54+,55?,56?,57?,58?,59?,68-,69-,70-,71-,72-,139?,140?,141?/m1/s1. The van der Waals surface area contributed by atoms with E-state index in [4.69, 9.17) is 186 Å². The number of aromatic amines is 1. The Balaban J connectivity index is 0.757. The van der Waals surface area contributed by atoms with Gasteiger partial charge in [-0.05, 0) is 34.1 Å². The summed E-state index contributed by atoms with van der Waals surface area (Å²) in [4.78, 5) is 166. The number of nitrogens with two attached hydrogens (primary N) is 5. The van der Waals surface area contributed by atoms with Gasteiger partial charge in [0.2, 0.25) is 0 Å². The number of anilines is 5. The summed E-state index contributed by atoms with van der Waals surface area (Å²) in [5, 5.41) is 11.8. The number of imidazole rings is 2. The zero-order chi connectivity index (χ0) is 104. The largest absolute Gasteiger partial charge is 0.780 e. The molecule has 12 N–H and O–H groups in total. The molecule has 8 aromatic rings. The third kappa shape index (κ3) is 26.6. The highest BCUT2D eigenvalue weighted by atomic mass is 32.7. The zero-order valence-corrected chi connectivity index (χ0v) is 85.4. The number of nitrogens with zero attached hydrogens (tertiary/aromatic N) is 15. The minimum atomic E-state index is -6.19. The molecule has 0 aliphatic carbocycles. The maximum Gasteiger partial charge on any atom is 0.351 e. The van der Waals surface area contributed by atoms with Gasteiger partial charge in [-0.2, -0.15) is 15.0 Å². The number of aryl methyl sites for hydroxylation is 4. The molecule has 68 heteroatoms. The highest BCUT2D eigenvalue weighted by Gasteiger charge is 2.57. The first-order chi connectivity index (χ1) is 68.5. The average Bonchev–Trinajstić information content (AvgIpc) is 1.60. The number of phosphoric ester groups is 2. The molecule has 28 atom stereocenters. The average molecular weight is 2190 g/mol. The van der Waals surface area contributed by atoms with E-state index in [0.29, 0.717) is 5.56 Å². The minimum absolute atomic E-state index is 0.000375. The smallest absolute Gasteiger partial charge is 0.351 e. The number of methoxy groups -OCH3 is 5. The number of aromatic nitrogens is 16.